The number of ether oxygens (including phenoxy) is 1. The van der Waals surface area contributed by atoms with Gasteiger partial charge in [0.05, 0.1) is 24.1 Å². The van der Waals surface area contributed by atoms with Crippen molar-refractivity contribution in [2.24, 2.45) is 0 Å². The quantitative estimate of drug-likeness (QED) is 0.507. The zero-order valence-corrected chi connectivity index (χ0v) is 14.7. The Balaban J connectivity index is 1.96. The van der Waals surface area contributed by atoms with Gasteiger partial charge < -0.3 is 4.74 Å². The van der Waals surface area contributed by atoms with Crippen molar-refractivity contribution in [3.05, 3.63) is 70.0 Å². The second-order valence-corrected chi connectivity index (χ2v) is 6.58. The van der Waals surface area contributed by atoms with E-state index in [0.717, 1.165) is 16.4 Å². The average Bonchev–Trinajstić information content (AvgIpc) is 2.59. The predicted molar refractivity (Wildman–Crippen MR) is 98.6 cm³/mol. The summed E-state index contributed by atoms with van der Waals surface area (Å²) >= 11 is 1.58. The Kier molecular flexibility index (Phi) is 5.33. The van der Waals surface area contributed by atoms with Gasteiger partial charge in [0, 0.05) is 12.9 Å². The molecule has 4 nitrogen and oxygen atoms in total. The summed E-state index contributed by atoms with van der Waals surface area (Å²) in [7, 11) is 1.64. The van der Waals surface area contributed by atoms with Crippen molar-refractivity contribution in [2.45, 2.75) is 24.4 Å². The van der Waals surface area contributed by atoms with Crippen molar-refractivity contribution in [2.75, 3.05) is 13.7 Å². The molecule has 5 heteroatoms. The Morgan fingerprint density at radius 1 is 1.17 bits per heavy atom. The van der Waals surface area contributed by atoms with Crippen LogP contribution in [-0.2, 0) is 17.0 Å². The molecular weight excluding hydrogens is 320 g/mol. The van der Waals surface area contributed by atoms with Crippen molar-refractivity contribution >= 4 is 22.7 Å². The number of nitrogens with zero attached hydrogens (tertiary/aromatic N) is 2. The number of hydrogen-bond acceptors (Lipinski definition) is 4. The summed E-state index contributed by atoms with van der Waals surface area (Å²) in [5.74, 6) is 0.777. The Hall–Kier alpha value is -2.11. The van der Waals surface area contributed by atoms with Crippen LogP contribution in [0.5, 0.6) is 0 Å². The van der Waals surface area contributed by atoms with E-state index < -0.39 is 0 Å². The lowest BCUT2D eigenvalue weighted by molar-refractivity contribution is 0.183. The molecule has 0 aliphatic carbocycles. The normalized spacial score (nSPS) is 11.1. The van der Waals surface area contributed by atoms with E-state index in [1.165, 1.54) is 11.1 Å². The number of rotatable bonds is 6. The highest BCUT2D eigenvalue weighted by Gasteiger charge is 2.11. The molecule has 124 valence electrons. The first-order valence-electron chi connectivity index (χ1n) is 7.86. The molecule has 0 saturated carbocycles. The molecular formula is C19H20N2O2S. The largest absolute Gasteiger partial charge is 0.383 e. The van der Waals surface area contributed by atoms with Crippen molar-refractivity contribution in [1.82, 2.24) is 9.55 Å². The zero-order valence-electron chi connectivity index (χ0n) is 13.9. The lowest BCUT2D eigenvalue weighted by Gasteiger charge is -2.13. The van der Waals surface area contributed by atoms with Gasteiger partial charge in [-0.3, -0.25) is 9.36 Å². The molecule has 0 radical (unpaired) electrons. The Morgan fingerprint density at radius 2 is 2.00 bits per heavy atom. The molecule has 3 rings (SSSR count). The molecule has 24 heavy (non-hydrogen) atoms. The van der Waals surface area contributed by atoms with E-state index in [9.17, 15) is 4.79 Å². The molecule has 0 unspecified atom stereocenters. The Morgan fingerprint density at radius 3 is 2.79 bits per heavy atom. The summed E-state index contributed by atoms with van der Waals surface area (Å²) in [6, 6.07) is 15.9. The summed E-state index contributed by atoms with van der Waals surface area (Å²) in [4.78, 5) is 17.5. The van der Waals surface area contributed by atoms with Crippen molar-refractivity contribution in [1.29, 1.82) is 0 Å². The monoisotopic (exact) mass is 340 g/mol. The van der Waals surface area contributed by atoms with Crippen molar-refractivity contribution in [3.63, 3.8) is 0 Å². The summed E-state index contributed by atoms with van der Waals surface area (Å²) in [6.07, 6.45) is 0. The third-order valence-electron chi connectivity index (χ3n) is 3.80. The minimum absolute atomic E-state index is 0.00982. The van der Waals surface area contributed by atoms with Crippen LogP contribution in [0.2, 0.25) is 0 Å². The smallest absolute Gasteiger partial charge is 0.262 e. The zero-order chi connectivity index (χ0) is 16.9. The number of hydrogen-bond donors (Lipinski definition) is 0. The molecule has 0 aliphatic heterocycles. The lowest BCUT2D eigenvalue weighted by Crippen LogP contribution is -2.25. The molecule has 0 N–H and O–H groups in total. The van der Waals surface area contributed by atoms with Gasteiger partial charge in [0.25, 0.3) is 5.56 Å². The van der Waals surface area contributed by atoms with Crippen LogP contribution in [0.25, 0.3) is 10.9 Å². The lowest BCUT2D eigenvalue weighted by atomic mass is 10.2. The van der Waals surface area contributed by atoms with Crippen LogP contribution in [0, 0.1) is 6.92 Å². The SMILES string of the molecule is COCCn1c(SCc2cccc(C)c2)nc2ccccc2c1=O. The maximum atomic E-state index is 12.8. The van der Waals surface area contributed by atoms with E-state index in [2.05, 4.69) is 31.2 Å². The van der Waals surface area contributed by atoms with Crippen molar-refractivity contribution < 1.29 is 4.74 Å². The molecule has 0 saturated heterocycles. The first kappa shape index (κ1) is 16.7. The first-order valence-corrected chi connectivity index (χ1v) is 8.84. The number of thioether (sulfide) groups is 1. The number of methoxy groups -OCH3 is 1. The topological polar surface area (TPSA) is 44.1 Å². The molecule has 1 heterocycles. The van der Waals surface area contributed by atoms with E-state index >= 15 is 0 Å². The first-order chi connectivity index (χ1) is 11.7. The predicted octanol–water partition coefficient (Wildman–Crippen LogP) is 3.64. The Labute approximate surface area is 145 Å². The molecule has 2 aromatic carbocycles. The maximum Gasteiger partial charge on any atom is 0.262 e. The van der Waals surface area contributed by atoms with Crippen LogP contribution in [-0.4, -0.2) is 23.3 Å². The molecule has 3 aromatic rings. The average molecular weight is 340 g/mol. The molecule has 0 atom stereocenters. The fourth-order valence-electron chi connectivity index (χ4n) is 2.59. The van der Waals surface area contributed by atoms with Gasteiger partial charge in [-0.05, 0) is 24.6 Å². The van der Waals surface area contributed by atoms with E-state index in [4.69, 9.17) is 9.72 Å². The third-order valence-corrected chi connectivity index (χ3v) is 4.84. The van der Waals surface area contributed by atoms with Gasteiger partial charge in [-0.1, -0.05) is 53.7 Å². The van der Waals surface area contributed by atoms with Crippen LogP contribution >= 0.6 is 11.8 Å². The van der Waals surface area contributed by atoms with Crippen LogP contribution in [0.4, 0.5) is 0 Å². The summed E-state index contributed by atoms with van der Waals surface area (Å²) in [5, 5.41) is 1.38. The fourth-order valence-corrected chi connectivity index (χ4v) is 3.56. The van der Waals surface area contributed by atoms with Gasteiger partial charge >= 0.3 is 0 Å². The summed E-state index contributed by atoms with van der Waals surface area (Å²) in [5.41, 5.74) is 3.18. The fraction of sp³-hybridized carbons (Fsp3) is 0.263. The second kappa shape index (κ2) is 7.64. The standard InChI is InChI=1S/C19H20N2O2S/c1-14-6-5-7-15(12-14)13-24-19-20-17-9-4-3-8-16(17)18(22)21(19)10-11-23-2/h3-9,12H,10-11,13H2,1-2H3. The number of fused-ring (bicyclic) bond motifs is 1. The molecule has 0 bridgehead atoms. The molecule has 0 spiro atoms. The molecule has 1 aromatic heterocycles. The Bertz CT molecular complexity index is 905. The van der Waals surface area contributed by atoms with Gasteiger partial charge in [0.2, 0.25) is 0 Å². The van der Waals surface area contributed by atoms with Gasteiger partial charge in [-0.2, -0.15) is 0 Å². The van der Waals surface area contributed by atoms with Crippen LogP contribution in [0.15, 0.2) is 58.5 Å². The summed E-state index contributed by atoms with van der Waals surface area (Å²) < 4.78 is 6.86. The number of aryl methyl sites for hydroxylation is 1. The highest BCUT2D eigenvalue weighted by atomic mass is 32.2. The molecule has 0 amide bonds. The van der Waals surface area contributed by atoms with Crippen LogP contribution in [0.1, 0.15) is 11.1 Å². The number of aromatic nitrogens is 2. The molecule has 0 fully saturated rings. The minimum Gasteiger partial charge on any atom is -0.383 e. The second-order valence-electron chi connectivity index (χ2n) is 5.64. The van der Waals surface area contributed by atoms with Gasteiger partial charge in [-0.15, -0.1) is 0 Å². The maximum absolute atomic E-state index is 12.8. The van der Waals surface area contributed by atoms with Crippen molar-refractivity contribution in [3.8, 4) is 0 Å². The van der Waals surface area contributed by atoms with Gasteiger partial charge in [-0.25, -0.2) is 4.98 Å². The molecule has 0 aliphatic rings. The summed E-state index contributed by atoms with van der Waals surface area (Å²) in [6.45, 7) is 3.07. The highest BCUT2D eigenvalue weighted by Crippen LogP contribution is 2.22. The van der Waals surface area contributed by atoms with Crippen LogP contribution in [0.3, 0.4) is 0 Å². The minimum atomic E-state index is -0.00982. The number of benzene rings is 2. The van der Waals surface area contributed by atoms with Gasteiger partial charge in [0.1, 0.15) is 0 Å². The van der Waals surface area contributed by atoms with E-state index in [-0.39, 0.29) is 5.56 Å². The number of para-hydroxylation sites is 1. The van der Waals surface area contributed by atoms with E-state index in [1.807, 2.05) is 24.3 Å². The third kappa shape index (κ3) is 3.68. The van der Waals surface area contributed by atoms with E-state index in [1.54, 1.807) is 23.4 Å². The van der Waals surface area contributed by atoms with Gasteiger partial charge in [0.15, 0.2) is 5.16 Å². The highest BCUT2D eigenvalue weighted by molar-refractivity contribution is 7.98. The van der Waals surface area contributed by atoms with Crippen LogP contribution < -0.4 is 5.56 Å². The van der Waals surface area contributed by atoms with E-state index in [0.29, 0.717) is 18.5 Å².